The zero-order valence-electron chi connectivity index (χ0n) is 9.10. The van der Waals surface area contributed by atoms with Crippen LogP contribution in [0.15, 0.2) is 24.3 Å². The number of benzene rings is 1. The number of nitrogens with one attached hydrogen (secondary N) is 1. The minimum Gasteiger partial charge on any atom is -0.549 e. The number of aliphatic carboxylic acids is 1. The summed E-state index contributed by atoms with van der Waals surface area (Å²) in [5, 5.41) is 12.2. The molecule has 0 aliphatic carbocycles. The van der Waals surface area contributed by atoms with Gasteiger partial charge in [0.1, 0.15) is 5.82 Å². The summed E-state index contributed by atoms with van der Waals surface area (Å²) >= 11 is 0.967. The molecule has 1 rings (SSSR count). The van der Waals surface area contributed by atoms with Crippen LogP contribution in [0.3, 0.4) is 0 Å². The van der Waals surface area contributed by atoms with Crippen molar-refractivity contribution >= 4 is 29.3 Å². The summed E-state index contributed by atoms with van der Waals surface area (Å²) in [7, 11) is 0. The van der Waals surface area contributed by atoms with Crippen molar-refractivity contribution in [1.82, 2.24) is 0 Å². The van der Waals surface area contributed by atoms with Crippen LogP contribution >= 0.6 is 11.8 Å². The van der Waals surface area contributed by atoms with E-state index in [4.69, 9.17) is 0 Å². The number of carbonyl (C=O) groups excluding carboxylic acids is 2. The first kappa shape index (κ1) is 13.5. The van der Waals surface area contributed by atoms with E-state index in [1.54, 1.807) is 0 Å². The second-order valence-electron chi connectivity index (χ2n) is 3.33. The molecule has 0 aliphatic rings. The van der Waals surface area contributed by atoms with Crippen molar-refractivity contribution < 1.29 is 19.1 Å². The van der Waals surface area contributed by atoms with Crippen LogP contribution in [0.5, 0.6) is 0 Å². The van der Waals surface area contributed by atoms with Crippen molar-refractivity contribution in [2.24, 2.45) is 0 Å². The molecule has 1 aromatic carbocycles. The fourth-order valence-corrected chi connectivity index (χ4v) is 1.61. The number of halogens is 1. The smallest absolute Gasteiger partial charge is 0.234 e. The van der Waals surface area contributed by atoms with Crippen LogP contribution in [0.1, 0.15) is 6.92 Å². The zero-order chi connectivity index (χ0) is 12.8. The molecule has 0 fully saturated rings. The minimum atomic E-state index is -1.20. The number of rotatable bonds is 5. The Labute approximate surface area is 102 Å². The Bertz CT molecular complexity index is 408. The van der Waals surface area contributed by atoms with Gasteiger partial charge in [0.05, 0.1) is 11.7 Å². The molecule has 92 valence electrons. The maximum Gasteiger partial charge on any atom is 0.234 e. The molecule has 1 amide bonds. The van der Waals surface area contributed by atoms with E-state index >= 15 is 0 Å². The molecular formula is C11H11FNO3S-. The Balaban J connectivity index is 2.39. The van der Waals surface area contributed by atoms with E-state index < -0.39 is 11.2 Å². The molecular weight excluding hydrogens is 245 g/mol. The first-order valence-corrected chi connectivity index (χ1v) is 5.92. The van der Waals surface area contributed by atoms with Gasteiger partial charge in [0.2, 0.25) is 5.91 Å². The largest absolute Gasteiger partial charge is 0.549 e. The van der Waals surface area contributed by atoms with Gasteiger partial charge in [-0.15, -0.1) is 11.8 Å². The number of anilines is 1. The molecule has 0 radical (unpaired) electrons. The molecule has 0 spiro atoms. The highest BCUT2D eigenvalue weighted by Crippen LogP contribution is 2.12. The van der Waals surface area contributed by atoms with Gasteiger partial charge >= 0.3 is 0 Å². The first-order valence-electron chi connectivity index (χ1n) is 4.87. The number of carboxylic acids is 1. The molecule has 0 unspecified atom stereocenters. The summed E-state index contributed by atoms with van der Waals surface area (Å²) in [6.45, 7) is 1.45. The van der Waals surface area contributed by atoms with E-state index in [1.165, 1.54) is 31.2 Å². The lowest BCUT2D eigenvalue weighted by atomic mass is 10.3. The molecule has 1 atom stereocenters. The van der Waals surface area contributed by atoms with E-state index in [-0.39, 0.29) is 17.5 Å². The lowest BCUT2D eigenvalue weighted by Crippen LogP contribution is -2.32. The Hall–Kier alpha value is -1.56. The standard InChI is InChI=1S/C11H12FNO3S/c1-7(11(15)16)17-6-10(14)13-9-4-2-8(12)3-5-9/h2-5,7H,6H2,1H3,(H,13,14)(H,15,16)/p-1/t7-/m1/s1. The Morgan fingerprint density at radius 2 is 2.00 bits per heavy atom. The Morgan fingerprint density at radius 1 is 1.41 bits per heavy atom. The fraction of sp³-hybridized carbons (Fsp3) is 0.273. The number of carbonyl (C=O) groups is 2. The normalized spacial score (nSPS) is 11.9. The van der Waals surface area contributed by atoms with E-state index in [0.29, 0.717) is 5.69 Å². The lowest BCUT2D eigenvalue weighted by Gasteiger charge is -2.11. The molecule has 0 heterocycles. The zero-order valence-corrected chi connectivity index (χ0v) is 9.92. The summed E-state index contributed by atoms with van der Waals surface area (Å²) in [5.74, 6) is -1.92. The summed E-state index contributed by atoms with van der Waals surface area (Å²) in [5.41, 5.74) is 0.470. The summed E-state index contributed by atoms with van der Waals surface area (Å²) in [6, 6.07) is 5.32. The quantitative estimate of drug-likeness (QED) is 0.839. The van der Waals surface area contributed by atoms with Crippen molar-refractivity contribution in [2.45, 2.75) is 12.2 Å². The molecule has 0 saturated carbocycles. The molecule has 6 heteroatoms. The highest BCUT2D eigenvalue weighted by molar-refractivity contribution is 8.01. The predicted molar refractivity (Wildman–Crippen MR) is 62.0 cm³/mol. The number of hydrogen-bond acceptors (Lipinski definition) is 4. The molecule has 17 heavy (non-hydrogen) atoms. The topological polar surface area (TPSA) is 69.2 Å². The third kappa shape index (κ3) is 4.86. The van der Waals surface area contributed by atoms with Gasteiger partial charge in [-0.1, -0.05) is 0 Å². The van der Waals surface area contributed by atoms with Crippen molar-refractivity contribution in [3.05, 3.63) is 30.1 Å². The summed E-state index contributed by atoms with van der Waals surface area (Å²) in [4.78, 5) is 21.8. The van der Waals surface area contributed by atoms with E-state index in [0.717, 1.165) is 11.8 Å². The second kappa shape index (κ2) is 6.24. The van der Waals surface area contributed by atoms with Gasteiger partial charge in [-0.05, 0) is 31.2 Å². The van der Waals surface area contributed by atoms with Gasteiger partial charge in [0.15, 0.2) is 0 Å². The monoisotopic (exact) mass is 256 g/mol. The van der Waals surface area contributed by atoms with Crippen molar-refractivity contribution in [1.29, 1.82) is 0 Å². The highest BCUT2D eigenvalue weighted by atomic mass is 32.2. The number of thioether (sulfide) groups is 1. The van der Waals surface area contributed by atoms with Crippen LogP contribution in [-0.2, 0) is 9.59 Å². The van der Waals surface area contributed by atoms with Gasteiger partial charge in [-0.2, -0.15) is 0 Å². The SMILES string of the molecule is C[C@@H](SCC(=O)Nc1ccc(F)cc1)C(=O)[O-]. The van der Waals surface area contributed by atoms with Crippen molar-refractivity contribution in [3.8, 4) is 0 Å². The highest BCUT2D eigenvalue weighted by Gasteiger charge is 2.08. The lowest BCUT2D eigenvalue weighted by molar-refractivity contribution is -0.304. The van der Waals surface area contributed by atoms with Crippen molar-refractivity contribution in [2.75, 3.05) is 11.1 Å². The number of amides is 1. The van der Waals surface area contributed by atoms with Gasteiger partial charge in [-0.25, -0.2) is 4.39 Å². The van der Waals surface area contributed by atoms with E-state index in [9.17, 15) is 19.1 Å². The van der Waals surface area contributed by atoms with Gasteiger partial charge in [-0.3, -0.25) is 4.79 Å². The summed E-state index contributed by atoms with van der Waals surface area (Å²) < 4.78 is 12.6. The van der Waals surface area contributed by atoms with E-state index in [2.05, 4.69) is 5.32 Å². The molecule has 0 bridgehead atoms. The third-order valence-electron chi connectivity index (χ3n) is 1.92. The molecule has 1 aromatic rings. The first-order chi connectivity index (χ1) is 7.99. The van der Waals surface area contributed by atoms with Gasteiger partial charge in [0, 0.05) is 10.9 Å². The van der Waals surface area contributed by atoms with Crippen molar-refractivity contribution in [3.63, 3.8) is 0 Å². The number of hydrogen-bond donors (Lipinski definition) is 1. The Morgan fingerprint density at radius 3 is 2.53 bits per heavy atom. The van der Waals surface area contributed by atoms with Gasteiger partial charge in [0.25, 0.3) is 0 Å². The van der Waals surface area contributed by atoms with Crippen LogP contribution in [0, 0.1) is 5.82 Å². The molecule has 1 N–H and O–H groups in total. The van der Waals surface area contributed by atoms with Crippen LogP contribution < -0.4 is 10.4 Å². The molecule has 0 aromatic heterocycles. The maximum atomic E-state index is 12.6. The van der Waals surface area contributed by atoms with Crippen LogP contribution in [0.2, 0.25) is 0 Å². The molecule has 0 aliphatic heterocycles. The second-order valence-corrected chi connectivity index (χ2v) is 4.66. The fourth-order valence-electron chi connectivity index (χ4n) is 0.999. The van der Waals surface area contributed by atoms with Gasteiger partial charge < -0.3 is 15.2 Å². The average Bonchev–Trinajstić information content (AvgIpc) is 2.29. The van der Waals surface area contributed by atoms with E-state index in [1.807, 2.05) is 0 Å². The van der Waals surface area contributed by atoms with Crippen LogP contribution in [0.4, 0.5) is 10.1 Å². The minimum absolute atomic E-state index is 0.00647. The predicted octanol–water partition coefficient (Wildman–Crippen LogP) is 0.636. The average molecular weight is 256 g/mol. The number of carboxylic acid groups (broad SMARTS) is 1. The van der Waals surface area contributed by atoms with Crippen LogP contribution in [-0.4, -0.2) is 22.9 Å². The Kier molecular flexibility index (Phi) is 4.96. The molecule has 0 saturated heterocycles. The summed E-state index contributed by atoms with van der Waals surface area (Å²) in [6.07, 6.45) is 0. The molecule has 4 nitrogen and oxygen atoms in total. The maximum absolute atomic E-state index is 12.6. The third-order valence-corrected chi connectivity index (χ3v) is 3.05. The van der Waals surface area contributed by atoms with Crippen LogP contribution in [0.25, 0.3) is 0 Å².